The van der Waals surface area contributed by atoms with E-state index in [1.165, 1.54) is 39.2 Å². The van der Waals surface area contributed by atoms with Crippen LogP contribution in [0.5, 0.6) is 5.75 Å². The molecule has 0 aromatic heterocycles. The number of carbonyl (C=O) groups is 2. The monoisotopic (exact) mass is 946 g/mol. The number of esters is 1. The number of rotatable bonds is 10. The molecule has 3 heterocycles. The molecule has 1 aromatic rings. The second-order valence-electron chi connectivity index (χ2n) is 19.8. The summed E-state index contributed by atoms with van der Waals surface area (Å²) in [5.41, 5.74) is -4.71. The summed E-state index contributed by atoms with van der Waals surface area (Å²) in [6, 6.07) is 2.94. The van der Waals surface area contributed by atoms with Crippen LogP contribution in [-0.4, -0.2) is 170 Å². The molecule has 3 fully saturated rings. The van der Waals surface area contributed by atoms with Gasteiger partial charge in [0.25, 0.3) is 10.0 Å². The van der Waals surface area contributed by atoms with Crippen LogP contribution in [-0.2, 0) is 43.2 Å². The van der Waals surface area contributed by atoms with Crippen LogP contribution in [0.2, 0.25) is 0 Å². The molecule has 0 unspecified atom stereocenters. The number of carbonyl (C=O) groups excluding carboxylic acids is 2. The summed E-state index contributed by atoms with van der Waals surface area (Å²) in [7, 11) is 2.03. The van der Waals surface area contributed by atoms with Gasteiger partial charge >= 0.3 is 12.0 Å². The van der Waals surface area contributed by atoms with Crippen molar-refractivity contribution in [1.29, 1.82) is 0 Å². The molecule has 1 aromatic carbocycles. The zero-order valence-electron chi connectivity index (χ0n) is 41.1. The molecular weight excluding hydrogens is 867 g/mol. The summed E-state index contributed by atoms with van der Waals surface area (Å²) >= 11 is 0. The van der Waals surface area contributed by atoms with Gasteiger partial charge in [0.2, 0.25) is 0 Å². The van der Waals surface area contributed by atoms with Gasteiger partial charge in [0.05, 0.1) is 54.7 Å². The first-order valence-electron chi connectivity index (χ1n) is 22.9. The summed E-state index contributed by atoms with van der Waals surface area (Å²) in [5, 5.41) is 48.7. The summed E-state index contributed by atoms with van der Waals surface area (Å²) in [6.07, 6.45) is -8.79. The normalized spacial score (nSPS) is 41.8. The van der Waals surface area contributed by atoms with Gasteiger partial charge in [0.15, 0.2) is 12.6 Å². The number of aliphatic hydroxyl groups is 4. The highest BCUT2D eigenvalue weighted by atomic mass is 32.2. The number of para-hydroxylation sites is 1. The number of benzene rings is 1. The Hall–Kier alpha value is -2.69. The van der Waals surface area contributed by atoms with Gasteiger partial charge < -0.3 is 63.4 Å². The number of methoxy groups -OCH3 is 2. The molecule has 18 nitrogen and oxygen atoms in total. The number of hydrogen-bond donors (Lipinski definition) is 5. The highest BCUT2D eigenvalue weighted by Gasteiger charge is 2.53. The highest BCUT2D eigenvalue weighted by molar-refractivity contribution is 7.90. The largest absolute Gasteiger partial charge is 0.495 e. The van der Waals surface area contributed by atoms with Crippen molar-refractivity contribution >= 4 is 22.0 Å². The number of cyclic esters (lactones) is 1. The third-order valence-corrected chi connectivity index (χ3v) is 15.7. The lowest BCUT2D eigenvalue weighted by molar-refractivity contribution is -0.313. The SMILES string of the molecule is CC[C@H]1OC(=O)[C@H](C)[C@@H](O[C@H]2C[C@@](C)(OC)[C@@H](C)[C@H](C)O2)[C@H](C)[C@@H](O[C@@H]2O[C@H](C)C[C@H](N(C)C)[C@H]2O)[C@](C)(O)C[C@@H](C)CN(C(=O)NS(=O)(=O)c2ccccc2OC)[C@H](C)[C@@H](O)[C@]1(C)O. The Morgan fingerprint density at radius 3 is 2.18 bits per heavy atom. The predicted molar refractivity (Wildman–Crippen MR) is 240 cm³/mol. The topological polar surface area (TPSA) is 232 Å². The molecule has 19 heteroatoms. The molecule has 4 rings (SSSR count). The average Bonchev–Trinajstić information content (AvgIpc) is 3.23. The first kappa shape index (κ1) is 54.9. The molecule has 3 aliphatic rings. The van der Waals surface area contributed by atoms with Gasteiger partial charge in [-0.15, -0.1) is 0 Å². The quantitative estimate of drug-likeness (QED) is 0.211. The van der Waals surface area contributed by atoms with Crippen LogP contribution in [0.25, 0.3) is 0 Å². The standard InChI is InChI=1S/C46H79N3O15S/c1-16-35-46(11,55)39(51)30(7)49(43(53)47-65(56,57)34-20-18-17-19-33(34)58-14)24-25(2)22-44(9,54)40(64-42-37(50)32(48(12)13)21-26(3)60-42)27(4)38(28(5)41(52)62-35)63-36-23-45(10,59-15)29(6)31(8)61-36/h17-20,25-32,35-40,42,50-51,54-55H,16,21-24H2,1-15H3,(H,47,53)/t25-,26-,27+,28-,29+,30-,31+,32+,35-,36+,37-,38+,39-,40-,42+,44-,45-,46-/m1/s1. The molecule has 0 spiro atoms. The van der Waals surface area contributed by atoms with Gasteiger partial charge in [0, 0.05) is 38.0 Å². The number of ether oxygens (including phenoxy) is 7. The van der Waals surface area contributed by atoms with E-state index in [-0.39, 0.29) is 60.6 Å². The maximum atomic E-state index is 14.5. The Morgan fingerprint density at radius 2 is 1.60 bits per heavy atom. The van der Waals surface area contributed by atoms with E-state index in [1.807, 2.05) is 46.7 Å². The van der Waals surface area contributed by atoms with Gasteiger partial charge in [0.1, 0.15) is 34.6 Å². The summed E-state index contributed by atoms with van der Waals surface area (Å²) < 4.78 is 73.2. The van der Waals surface area contributed by atoms with Gasteiger partial charge in [-0.2, -0.15) is 0 Å². The molecule has 0 bridgehead atoms. The van der Waals surface area contributed by atoms with Crippen LogP contribution < -0.4 is 9.46 Å². The molecule has 5 N–H and O–H groups in total. The molecule has 374 valence electrons. The molecule has 18 atom stereocenters. The van der Waals surface area contributed by atoms with E-state index in [1.54, 1.807) is 47.8 Å². The van der Waals surface area contributed by atoms with E-state index >= 15 is 0 Å². The van der Waals surface area contributed by atoms with Crippen molar-refractivity contribution in [3.8, 4) is 5.75 Å². The van der Waals surface area contributed by atoms with Gasteiger partial charge in [-0.1, -0.05) is 39.8 Å². The Bertz CT molecular complexity index is 1850. The molecule has 3 aliphatic heterocycles. The van der Waals surface area contributed by atoms with Gasteiger partial charge in [-0.3, -0.25) is 4.79 Å². The van der Waals surface area contributed by atoms with Crippen molar-refractivity contribution in [2.75, 3.05) is 34.9 Å². The minimum Gasteiger partial charge on any atom is -0.495 e. The number of urea groups is 1. The van der Waals surface area contributed by atoms with Gasteiger partial charge in [-0.05, 0) is 99.9 Å². The van der Waals surface area contributed by atoms with Crippen LogP contribution in [0, 0.1) is 23.7 Å². The fraction of sp³-hybridized carbons (Fsp3) is 0.826. The van der Waals surface area contributed by atoms with Crippen molar-refractivity contribution in [2.24, 2.45) is 23.7 Å². The van der Waals surface area contributed by atoms with Crippen LogP contribution in [0.1, 0.15) is 102 Å². The lowest BCUT2D eigenvalue weighted by Gasteiger charge is -2.49. The summed E-state index contributed by atoms with van der Waals surface area (Å²) in [5.74, 6) is -3.53. The first-order valence-corrected chi connectivity index (χ1v) is 24.4. The summed E-state index contributed by atoms with van der Waals surface area (Å²) in [6.45, 7) is 18.5. The van der Waals surface area contributed by atoms with Crippen LogP contribution in [0.3, 0.4) is 0 Å². The predicted octanol–water partition coefficient (Wildman–Crippen LogP) is 3.65. The lowest BCUT2D eigenvalue weighted by atomic mass is 9.77. The van der Waals surface area contributed by atoms with E-state index < -0.39 is 106 Å². The number of hydrogen-bond acceptors (Lipinski definition) is 16. The Balaban J connectivity index is 1.88. The maximum absolute atomic E-state index is 14.5. The number of likely N-dealkylation sites (N-methyl/N-ethyl adjacent to an activating group) is 1. The van der Waals surface area contributed by atoms with Crippen LogP contribution in [0.15, 0.2) is 29.2 Å². The number of sulfonamides is 1. The molecular formula is C46H79N3O15S. The second-order valence-corrected chi connectivity index (χ2v) is 21.4. The van der Waals surface area contributed by atoms with Crippen molar-refractivity contribution in [2.45, 2.75) is 191 Å². The molecule has 65 heavy (non-hydrogen) atoms. The fourth-order valence-corrected chi connectivity index (χ4v) is 11.2. The molecule has 3 saturated heterocycles. The fourth-order valence-electron chi connectivity index (χ4n) is 10.0. The van der Waals surface area contributed by atoms with Crippen molar-refractivity contribution in [3.63, 3.8) is 0 Å². The van der Waals surface area contributed by atoms with E-state index in [0.717, 1.165) is 4.90 Å². The van der Waals surface area contributed by atoms with E-state index in [4.69, 9.17) is 33.2 Å². The Morgan fingerprint density at radius 1 is 0.969 bits per heavy atom. The zero-order valence-corrected chi connectivity index (χ0v) is 41.9. The van der Waals surface area contributed by atoms with E-state index in [0.29, 0.717) is 6.42 Å². The van der Waals surface area contributed by atoms with Crippen LogP contribution >= 0.6 is 0 Å². The molecule has 2 amide bonds. The highest BCUT2D eigenvalue weighted by Crippen LogP contribution is 2.42. The average molecular weight is 946 g/mol. The van der Waals surface area contributed by atoms with Crippen molar-refractivity contribution in [1.82, 2.24) is 14.5 Å². The number of aliphatic hydroxyl groups excluding tert-OH is 2. The molecule has 0 aliphatic carbocycles. The molecule has 0 radical (unpaired) electrons. The third kappa shape index (κ3) is 12.3. The smallest absolute Gasteiger partial charge is 0.331 e. The van der Waals surface area contributed by atoms with Crippen molar-refractivity contribution in [3.05, 3.63) is 24.3 Å². The first-order chi connectivity index (χ1) is 30.1. The second kappa shape index (κ2) is 21.7. The van der Waals surface area contributed by atoms with Gasteiger partial charge in [-0.25, -0.2) is 17.9 Å². The number of amides is 2. The summed E-state index contributed by atoms with van der Waals surface area (Å²) in [4.78, 5) is 31.5. The number of nitrogens with zero attached hydrogens (tertiary/aromatic N) is 2. The maximum Gasteiger partial charge on any atom is 0.331 e. The van der Waals surface area contributed by atoms with E-state index in [9.17, 15) is 38.4 Å². The third-order valence-electron chi connectivity index (χ3n) is 14.4. The minimum atomic E-state index is -4.57. The molecule has 0 saturated carbocycles. The van der Waals surface area contributed by atoms with Crippen LogP contribution in [0.4, 0.5) is 4.79 Å². The lowest BCUT2D eigenvalue weighted by Crippen LogP contribution is -2.61. The van der Waals surface area contributed by atoms with E-state index in [2.05, 4.69) is 4.72 Å². The van der Waals surface area contributed by atoms with Crippen molar-refractivity contribution < 1.29 is 71.6 Å². The number of nitrogens with one attached hydrogen (secondary N) is 1. The Kier molecular flexibility index (Phi) is 18.4. The zero-order chi connectivity index (χ0) is 49.1. The Labute approximate surface area is 386 Å². The minimum absolute atomic E-state index is 0.0141.